The van der Waals surface area contributed by atoms with E-state index in [2.05, 4.69) is 27.9 Å². The number of hydrogen-bond acceptors (Lipinski definition) is 4. The molecule has 1 unspecified atom stereocenters. The van der Waals surface area contributed by atoms with E-state index in [9.17, 15) is 18.0 Å². The minimum atomic E-state index is -4.13. The molecule has 0 aliphatic carbocycles. The number of amides is 2. The molecule has 9 heteroatoms. The van der Waals surface area contributed by atoms with Crippen LogP contribution < -0.4 is 9.62 Å². The second-order valence-electron chi connectivity index (χ2n) is 11.8. The summed E-state index contributed by atoms with van der Waals surface area (Å²) >= 11 is 2.15. The van der Waals surface area contributed by atoms with Crippen molar-refractivity contribution in [3.05, 3.63) is 129 Å². The van der Waals surface area contributed by atoms with E-state index in [0.717, 1.165) is 24.6 Å². The van der Waals surface area contributed by atoms with Crippen LogP contribution in [0.2, 0.25) is 0 Å². The van der Waals surface area contributed by atoms with E-state index in [1.165, 1.54) is 17.0 Å². The molecule has 0 spiro atoms. The Morgan fingerprint density at radius 3 is 2.00 bits per heavy atom. The number of carbonyl (C=O) groups excluding carboxylic acids is 2. The monoisotopic (exact) mass is 723 g/mol. The van der Waals surface area contributed by atoms with E-state index in [0.29, 0.717) is 5.69 Å². The van der Waals surface area contributed by atoms with Crippen molar-refractivity contribution in [1.82, 2.24) is 10.2 Å². The maximum Gasteiger partial charge on any atom is 0.264 e. The van der Waals surface area contributed by atoms with Crippen LogP contribution in [0.4, 0.5) is 5.69 Å². The Morgan fingerprint density at radius 1 is 0.818 bits per heavy atom. The van der Waals surface area contributed by atoms with Gasteiger partial charge in [-0.25, -0.2) is 8.42 Å². The Balaban J connectivity index is 1.81. The summed E-state index contributed by atoms with van der Waals surface area (Å²) < 4.78 is 30.1. The Morgan fingerprint density at radius 2 is 1.41 bits per heavy atom. The zero-order valence-corrected chi connectivity index (χ0v) is 28.4. The first-order chi connectivity index (χ1) is 20.8. The molecule has 0 aliphatic rings. The van der Waals surface area contributed by atoms with Gasteiger partial charge in [0.25, 0.3) is 10.0 Å². The molecule has 0 saturated heterocycles. The zero-order chi connectivity index (χ0) is 31.9. The molecule has 0 heterocycles. The van der Waals surface area contributed by atoms with Crippen LogP contribution in [0.3, 0.4) is 0 Å². The number of hydrogen-bond donors (Lipinski definition) is 1. The van der Waals surface area contributed by atoms with Gasteiger partial charge >= 0.3 is 0 Å². The Labute approximate surface area is 274 Å². The molecule has 230 valence electrons. The SMILES string of the molecule is Cc1cccc(CN(C(=O)CN(c2ccc(I)cc2)S(=O)(=O)c2ccccc2)C(Cc2ccccc2)C(=O)NC(C)(C)C)c1. The molecule has 44 heavy (non-hydrogen) atoms. The van der Waals surface area contributed by atoms with Crippen LogP contribution in [0.5, 0.6) is 0 Å². The van der Waals surface area contributed by atoms with E-state index in [4.69, 9.17) is 0 Å². The molecule has 4 rings (SSSR count). The van der Waals surface area contributed by atoms with Crippen LogP contribution in [0, 0.1) is 10.5 Å². The van der Waals surface area contributed by atoms with Gasteiger partial charge in [0.2, 0.25) is 11.8 Å². The molecule has 0 fully saturated rings. The summed E-state index contributed by atoms with van der Waals surface area (Å²) in [6, 6.07) is 31.4. The molecule has 0 aromatic heterocycles. The number of nitrogens with one attached hydrogen (secondary N) is 1. The van der Waals surface area contributed by atoms with Gasteiger partial charge in [-0.3, -0.25) is 13.9 Å². The number of benzene rings is 4. The van der Waals surface area contributed by atoms with Gasteiger partial charge in [-0.1, -0.05) is 78.4 Å². The van der Waals surface area contributed by atoms with Gasteiger partial charge in [-0.2, -0.15) is 0 Å². The fourth-order valence-corrected chi connectivity index (χ4v) is 6.66. The number of halogens is 1. The summed E-state index contributed by atoms with van der Waals surface area (Å²) in [6.45, 7) is 7.28. The molecular formula is C35H38IN3O4S. The smallest absolute Gasteiger partial charge is 0.264 e. The van der Waals surface area contributed by atoms with Gasteiger partial charge in [0, 0.05) is 22.1 Å². The summed E-state index contributed by atoms with van der Waals surface area (Å²) in [5, 5.41) is 3.05. The van der Waals surface area contributed by atoms with Crippen molar-refractivity contribution < 1.29 is 18.0 Å². The van der Waals surface area contributed by atoms with Gasteiger partial charge in [-0.15, -0.1) is 0 Å². The van der Waals surface area contributed by atoms with Gasteiger partial charge in [-0.05, 0) is 97.8 Å². The number of anilines is 1. The highest BCUT2D eigenvalue weighted by atomic mass is 127. The molecule has 1 N–H and O–H groups in total. The summed E-state index contributed by atoms with van der Waals surface area (Å²) in [5.74, 6) is -0.802. The third-order valence-electron chi connectivity index (χ3n) is 6.93. The molecule has 0 radical (unpaired) electrons. The third-order valence-corrected chi connectivity index (χ3v) is 9.44. The first kappa shape index (κ1) is 33.2. The van der Waals surface area contributed by atoms with Crippen LogP contribution in [0.25, 0.3) is 0 Å². The molecule has 0 aliphatic heterocycles. The fraction of sp³-hybridized carbons (Fsp3) is 0.257. The fourth-order valence-electron chi connectivity index (χ4n) is 4.87. The number of rotatable bonds is 11. The number of sulfonamides is 1. The predicted octanol–water partition coefficient (Wildman–Crippen LogP) is 6.35. The second-order valence-corrected chi connectivity index (χ2v) is 14.9. The normalized spacial score (nSPS) is 12.3. The first-order valence-electron chi connectivity index (χ1n) is 14.4. The number of aryl methyl sites for hydroxylation is 1. The molecule has 0 saturated carbocycles. The van der Waals surface area contributed by atoms with Crippen molar-refractivity contribution >= 4 is 50.1 Å². The Hall–Kier alpha value is -3.70. The average Bonchev–Trinajstić information content (AvgIpc) is 2.98. The quantitative estimate of drug-likeness (QED) is 0.183. The highest BCUT2D eigenvalue weighted by Crippen LogP contribution is 2.26. The van der Waals surface area contributed by atoms with Gasteiger partial charge in [0.15, 0.2) is 0 Å². The highest BCUT2D eigenvalue weighted by molar-refractivity contribution is 14.1. The van der Waals surface area contributed by atoms with Crippen molar-refractivity contribution in [2.24, 2.45) is 0 Å². The molecular weight excluding hydrogens is 685 g/mol. The predicted molar refractivity (Wildman–Crippen MR) is 184 cm³/mol. The maximum atomic E-state index is 14.5. The summed E-state index contributed by atoms with van der Waals surface area (Å²) in [7, 11) is -4.13. The van der Waals surface area contributed by atoms with E-state index in [1.54, 1.807) is 42.5 Å². The lowest BCUT2D eigenvalue weighted by Crippen LogP contribution is -2.56. The van der Waals surface area contributed by atoms with Crippen LogP contribution in [-0.2, 0) is 32.6 Å². The molecule has 7 nitrogen and oxygen atoms in total. The standard InChI is InChI=1S/C35H38IN3O4S/c1-26-12-11-15-28(22-26)24-38(32(34(41)37-35(2,3)4)23-27-13-7-5-8-14-27)33(40)25-39(30-20-18-29(36)19-21-30)44(42,43)31-16-9-6-10-17-31/h5-22,32H,23-25H2,1-4H3,(H,37,41). The van der Waals surface area contributed by atoms with Crippen LogP contribution in [-0.4, -0.2) is 43.3 Å². The number of nitrogens with zero attached hydrogens (tertiary/aromatic N) is 2. The Bertz CT molecular complexity index is 1670. The molecule has 0 bridgehead atoms. The van der Waals surface area contributed by atoms with Crippen molar-refractivity contribution in [2.75, 3.05) is 10.8 Å². The molecule has 2 amide bonds. The van der Waals surface area contributed by atoms with E-state index >= 15 is 0 Å². The van der Waals surface area contributed by atoms with Gasteiger partial charge in [0.05, 0.1) is 10.6 Å². The van der Waals surface area contributed by atoms with Crippen molar-refractivity contribution in [3.63, 3.8) is 0 Å². The highest BCUT2D eigenvalue weighted by Gasteiger charge is 2.35. The first-order valence-corrected chi connectivity index (χ1v) is 16.9. The Kier molecular flexibility index (Phi) is 10.9. The topological polar surface area (TPSA) is 86.8 Å². The van der Waals surface area contributed by atoms with E-state index in [-0.39, 0.29) is 23.8 Å². The minimum absolute atomic E-state index is 0.0721. The van der Waals surface area contributed by atoms with Crippen LogP contribution in [0.15, 0.2) is 114 Å². The van der Waals surface area contributed by atoms with E-state index < -0.39 is 34.1 Å². The van der Waals surface area contributed by atoms with Gasteiger partial charge in [0.1, 0.15) is 12.6 Å². The largest absolute Gasteiger partial charge is 0.350 e. The maximum absolute atomic E-state index is 14.5. The van der Waals surface area contributed by atoms with Crippen molar-refractivity contribution in [3.8, 4) is 0 Å². The molecule has 1 atom stereocenters. The molecule has 4 aromatic rings. The summed E-state index contributed by atoms with van der Waals surface area (Å²) in [4.78, 5) is 30.0. The second kappa shape index (κ2) is 14.4. The lowest BCUT2D eigenvalue weighted by atomic mass is 10.0. The summed E-state index contributed by atoms with van der Waals surface area (Å²) in [5.41, 5.74) is 2.55. The lowest BCUT2D eigenvalue weighted by molar-refractivity contribution is -0.140. The molecule has 4 aromatic carbocycles. The minimum Gasteiger partial charge on any atom is -0.350 e. The zero-order valence-electron chi connectivity index (χ0n) is 25.4. The van der Waals surface area contributed by atoms with Crippen LogP contribution >= 0.6 is 22.6 Å². The van der Waals surface area contributed by atoms with Gasteiger partial charge < -0.3 is 10.2 Å². The number of carbonyl (C=O) groups is 2. The van der Waals surface area contributed by atoms with Crippen molar-refractivity contribution in [1.29, 1.82) is 0 Å². The third kappa shape index (κ3) is 8.92. The average molecular weight is 724 g/mol. The van der Waals surface area contributed by atoms with Crippen molar-refractivity contribution in [2.45, 2.75) is 57.1 Å². The summed E-state index contributed by atoms with van der Waals surface area (Å²) in [6.07, 6.45) is 0.259. The lowest BCUT2D eigenvalue weighted by Gasteiger charge is -2.35. The van der Waals surface area contributed by atoms with Crippen LogP contribution in [0.1, 0.15) is 37.5 Å². The van der Waals surface area contributed by atoms with E-state index in [1.807, 2.05) is 82.3 Å².